The normalized spacial score (nSPS) is 16.2. The second-order valence-corrected chi connectivity index (χ2v) is 7.07. The van der Waals surface area contributed by atoms with E-state index >= 15 is 0 Å². The molecule has 2 fully saturated rings. The first kappa shape index (κ1) is 17.3. The standard InChI is InChI=1S/C20H22N4O3/c25-20(22-16-5-1-2-6-18(16)23-11-3-4-12-23)14-7-10-17(21-15-8-9-15)19(13-14)24(26)27/h1-2,5-7,10,13,15,21H,3-4,8-9,11-12H2,(H,22,25). The summed E-state index contributed by atoms with van der Waals surface area (Å²) in [7, 11) is 0. The van der Waals surface area contributed by atoms with E-state index in [2.05, 4.69) is 15.5 Å². The van der Waals surface area contributed by atoms with Crippen LogP contribution in [0.25, 0.3) is 0 Å². The highest BCUT2D eigenvalue weighted by molar-refractivity contribution is 6.06. The first-order valence-electron chi connectivity index (χ1n) is 9.32. The average Bonchev–Trinajstić information content (AvgIpc) is 3.31. The Morgan fingerprint density at radius 2 is 1.81 bits per heavy atom. The summed E-state index contributed by atoms with van der Waals surface area (Å²) in [6, 6.07) is 12.6. The van der Waals surface area contributed by atoms with Crippen molar-refractivity contribution in [2.24, 2.45) is 0 Å². The lowest BCUT2D eigenvalue weighted by Crippen LogP contribution is -2.21. The monoisotopic (exact) mass is 366 g/mol. The van der Waals surface area contributed by atoms with Gasteiger partial charge in [0.1, 0.15) is 5.69 Å². The third-order valence-electron chi connectivity index (χ3n) is 4.99. The maximum atomic E-state index is 12.7. The summed E-state index contributed by atoms with van der Waals surface area (Å²) >= 11 is 0. The van der Waals surface area contributed by atoms with E-state index in [9.17, 15) is 14.9 Å². The molecule has 7 nitrogen and oxygen atoms in total. The largest absolute Gasteiger partial charge is 0.377 e. The summed E-state index contributed by atoms with van der Waals surface area (Å²) in [5.74, 6) is -0.345. The van der Waals surface area contributed by atoms with Crippen LogP contribution in [0.2, 0.25) is 0 Å². The van der Waals surface area contributed by atoms with Crippen molar-refractivity contribution >= 4 is 28.7 Å². The van der Waals surface area contributed by atoms with Gasteiger partial charge in [-0.05, 0) is 49.9 Å². The number of nitrogens with zero attached hydrogens (tertiary/aromatic N) is 2. The van der Waals surface area contributed by atoms with E-state index in [1.165, 1.54) is 6.07 Å². The Morgan fingerprint density at radius 1 is 1.07 bits per heavy atom. The number of nitro groups is 1. The lowest BCUT2D eigenvalue weighted by molar-refractivity contribution is -0.384. The number of rotatable bonds is 6. The minimum atomic E-state index is -0.445. The lowest BCUT2D eigenvalue weighted by Gasteiger charge is -2.21. The van der Waals surface area contributed by atoms with Gasteiger partial charge in [-0.25, -0.2) is 0 Å². The highest BCUT2D eigenvalue weighted by Crippen LogP contribution is 2.33. The summed E-state index contributed by atoms with van der Waals surface area (Å²) in [5, 5.41) is 17.5. The smallest absolute Gasteiger partial charge is 0.293 e. The summed E-state index contributed by atoms with van der Waals surface area (Å²) in [6.07, 6.45) is 4.33. The Balaban J connectivity index is 1.56. The van der Waals surface area contributed by atoms with Gasteiger partial charge in [-0.15, -0.1) is 0 Å². The minimum absolute atomic E-state index is 0.0672. The van der Waals surface area contributed by atoms with Gasteiger partial charge in [-0.3, -0.25) is 14.9 Å². The third-order valence-corrected chi connectivity index (χ3v) is 4.99. The van der Waals surface area contributed by atoms with Crippen LogP contribution >= 0.6 is 0 Å². The van der Waals surface area contributed by atoms with E-state index < -0.39 is 4.92 Å². The number of nitrogens with one attached hydrogen (secondary N) is 2. The highest BCUT2D eigenvalue weighted by Gasteiger charge is 2.26. The van der Waals surface area contributed by atoms with Crippen molar-refractivity contribution in [2.45, 2.75) is 31.7 Å². The SMILES string of the molecule is O=C(Nc1ccccc1N1CCCC1)c1ccc(NC2CC2)c([N+](=O)[O-])c1. The molecule has 27 heavy (non-hydrogen) atoms. The second kappa shape index (κ2) is 7.26. The maximum absolute atomic E-state index is 12.7. The van der Waals surface area contributed by atoms with Crippen molar-refractivity contribution in [1.82, 2.24) is 0 Å². The van der Waals surface area contributed by atoms with Crippen LogP contribution in [0.5, 0.6) is 0 Å². The number of nitro benzene ring substituents is 1. The Labute approximate surface area is 157 Å². The van der Waals surface area contributed by atoms with Crippen LogP contribution in [0.1, 0.15) is 36.0 Å². The van der Waals surface area contributed by atoms with Gasteiger partial charge in [0.15, 0.2) is 0 Å². The number of anilines is 3. The Hall–Kier alpha value is -3.09. The fraction of sp³-hybridized carbons (Fsp3) is 0.350. The van der Waals surface area contributed by atoms with Gasteiger partial charge in [0.2, 0.25) is 0 Å². The highest BCUT2D eigenvalue weighted by atomic mass is 16.6. The molecule has 0 radical (unpaired) electrons. The molecule has 2 aromatic rings. The lowest BCUT2D eigenvalue weighted by atomic mass is 10.1. The molecule has 1 saturated heterocycles. The zero-order chi connectivity index (χ0) is 18.8. The molecule has 0 aromatic heterocycles. The summed E-state index contributed by atoms with van der Waals surface area (Å²) < 4.78 is 0. The van der Waals surface area contributed by atoms with Crippen molar-refractivity contribution < 1.29 is 9.72 Å². The molecule has 1 aliphatic carbocycles. The van der Waals surface area contributed by atoms with Gasteiger partial charge in [-0.2, -0.15) is 0 Å². The van der Waals surface area contributed by atoms with Crippen molar-refractivity contribution in [1.29, 1.82) is 0 Å². The molecule has 1 saturated carbocycles. The molecule has 1 heterocycles. The molecule has 0 bridgehead atoms. The van der Waals surface area contributed by atoms with Gasteiger partial charge in [0.25, 0.3) is 11.6 Å². The second-order valence-electron chi connectivity index (χ2n) is 7.07. The van der Waals surface area contributed by atoms with Gasteiger partial charge < -0.3 is 15.5 Å². The molecule has 2 aliphatic rings. The van der Waals surface area contributed by atoms with Gasteiger partial charge >= 0.3 is 0 Å². The predicted octanol–water partition coefficient (Wildman–Crippen LogP) is 4.02. The molecule has 0 spiro atoms. The molecule has 140 valence electrons. The van der Waals surface area contributed by atoms with E-state index in [4.69, 9.17) is 0 Å². The third kappa shape index (κ3) is 3.86. The molecule has 1 amide bonds. The van der Waals surface area contributed by atoms with Crippen molar-refractivity contribution in [3.05, 3.63) is 58.1 Å². The quantitative estimate of drug-likeness (QED) is 0.595. The van der Waals surface area contributed by atoms with Crippen molar-refractivity contribution in [3.8, 4) is 0 Å². The Kier molecular flexibility index (Phi) is 4.66. The zero-order valence-electron chi connectivity index (χ0n) is 15.0. The number of hydrogen-bond donors (Lipinski definition) is 2. The molecular weight excluding hydrogens is 344 g/mol. The number of benzene rings is 2. The van der Waals surface area contributed by atoms with Gasteiger partial charge in [0, 0.05) is 30.8 Å². The number of carbonyl (C=O) groups excluding carboxylic acids is 1. The molecule has 0 unspecified atom stereocenters. The number of amides is 1. The number of hydrogen-bond acceptors (Lipinski definition) is 5. The van der Waals surface area contributed by atoms with Crippen molar-refractivity contribution in [2.75, 3.05) is 28.6 Å². The fourth-order valence-electron chi connectivity index (χ4n) is 3.40. The number of carbonyl (C=O) groups is 1. The summed E-state index contributed by atoms with van der Waals surface area (Å²) in [6.45, 7) is 1.94. The van der Waals surface area contributed by atoms with E-state index in [1.54, 1.807) is 12.1 Å². The Bertz CT molecular complexity index is 873. The summed E-state index contributed by atoms with van der Waals surface area (Å²) in [4.78, 5) is 25.9. The van der Waals surface area contributed by atoms with Crippen LogP contribution in [0, 0.1) is 10.1 Å². The molecule has 2 N–H and O–H groups in total. The van der Waals surface area contributed by atoms with Crippen LogP contribution in [-0.4, -0.2) is 30.0 Å². The van der Waals surface area contributed by atoms with Crippen LogP contribution in [0.15, 0.2) is 42.5 Å². The van der Waals surface area contributed by atoms with Crippen LogP contribution in [0.4, 0.5) is 22.7 Å². The fourth-order valence-corrected chi connectivity index (χ4v) is 3.40. The predicted molar refractivity (Wildman–Crippen MR) is 106 cm³/mol. The van der Waals surface area contributed by atoms with Gasteiger partial charge in [0.05, 0.1) is 16.3 Å². The van der Waals surface area contributed by atoms with E-state index in [0.29, 0.717) is 11.7 Å². The molecule has 1 aliphatic heterocycles. The molecule has 4 rings (SSSR count). The molecular formula is C20H22N4O3. The first-order valence-corrected chi connectivity index (χ1v) is 9.32. The average molecular weight is 366 g/mol. The maximum Gasteiger partial charge on any atom is 0.293 e. The van der Waals surface area contributed by atoms with Crippen LogP contribution in [-0.2, 0) is 0 Å². The van der Waals surface area contributed by atoms with Crippen LogP contribution < -0.4 is 15.5 Å². The molecule has 7 heteroatoms. The van der Waals surface area contributed by atoms with Crippen LogP contribution in [0.3, 0.4) is 0 Å². The minimum Gasteiger partial charge on any atom is -0.377 e. The summed E-state index contributed by atoms with van der Waals surface area (Å²) in [5.41, 5.74) is 2.40. The molecule has 2 aromatic carbocycles. The van der Waals surface area contributed by atoms with E-state index in [0.717, 1.165) is 50.1 Å². The zero-order valence-corrected chi connectivity index (χ0v) is 15.0. The van der Waals surface area contributed by atoms with Gasteiger partial charge in [-0.1, -0.05) is 12.1 Å². The molecule has 0 atom stereocenters. The van der Waals surface area contributed by atoms with E-state index in [1.807, 2.05) is 24.3 Å². The first-order chi connectivity index (χ1) is 13.1. The number of para-hydroxylation sites is 2. The Morgan fingerprint density at radius 3 is 2.52 bits per heavy atom. The topological polar surface area (TPSA) is 87.5 Å². The van der Waals surface area contributed by atoms with Crippen molar-refractivity contribution in [3.63, 3.8) is 0 Å². The van der Waals surface area contributed by atoms with E-state index in [-0.39, 0.29) is 17.2 Å².